The number of hydrogen-bond acceptors (Lipinski definition) is 3. The van der Waals surface area contributed by atoms with Gasteiger partial charge in [-0.15, -0.1) is 0 Å². The second-order valence-corrected chi connectivity index (χ2v) is 4.41. The molecule has 0 atom stereocenters. The summed E-state index contributed by atoms with van der Waals surface area (Å²) >= 11 is 5.62. The highest BCUT2D eigenvalue weighted by atomic mass is 35.5. The maximum absolute atomic E-state index is 13.6. The van der Waals surface area contributed by atoms with Crippen molar-refractivity contribution < 1.29 is 28.2 Å². The number of nitrogens with one attached hydrogen (secondary N) is 1. The van der Waals surface area contributed by atoms with Gasteiger partial charge in [0.1, 0.15) is 5.75 Å². The van der Waals surface area contributed by atoms with E-state index >= 15 is 0 Å². The summed E-state index contributed by atoms with van der Waals surface area (Å²) in [6, 6.07) is 3.93. The summed E-state index contributed by atoms with van der Waals surface area (Å²) in [4.78, 5) is 11.8. The highest BCUT2D eigenvalue weighted by Crippen LogP contribution is 2.28. The Bertz CT molecular complexity index is 737. The van der Waals surface area contributed by atoms with Gasteiger partial charge in [-0.2, -0.15) is 4.39 Å². The number of hydrogen-bond donors (Lipinski definition) is 3. The molecule has 2 aromatic rings. The first kappa shape index (κ1) is 15.0. The molecule has 4 nitrogen and oxygen atoms in total. The maximum atomic E-state index is 13.6. The summed E-state index contributed by atoms with van der Waals surface area (Å²) < 4.78 is 39.6. The lowest BCUT2D eigenvalue weighted by Gasteiger charge is -2.09. The van der Waals surface area contributed by atoms with Gasteiger partial charge < -0.3 is 15.5 Å². The SMILES string of the molecule is O=C(Nc1ccc(O)c(Cl)c1)c1cc(F)c(F)c(O)c1F. The predicted molar refractivity (Wildman–Crippen MR) is 69.1 cm³/mol. The Labute approximate surface area is 121 Å². The molecular formula is C13H7ClF3NO3. The van der Waals surface area contributed by atoms with Crippen LogP contribution in [0.3, 0.4) is 0 Å². The Balaban J connectivity index is 2.35. The predicted octanol–water partition coefficient (Wildman–Crippen LogP) is 3.42. The van der Waals surface area contributed by atoms with Crippen LogP contribution in [0.1, 0.15) is 10.4 Å². The van der Waals surface area contributed by atoms with Gasteiger partial charge >= 0.3 is 0 Å². The Morgan fingerprint density at radius 2 is 1.76 bits per heavy atom. The average Bonchev–Trinajstić information content (AvgIpc) is 2.44. The van der Waals surface area contributed by atoms with Crippen molar-refractivity contribution >= 4 is 23.2 Å². The minimum atomic E-state index is -1.78. The molecule has 2 rings (SSSR count). The fourth-order valence-electron chi connectivity index (χ4n) is 1.54. The first-order valence-corrected chi connectivity index (χ1v) is 5.85. The molecule has 0 heterocycles. The van der Waals surface area contributed by atoms with Crippen molar-refractivity contribution in [2.75, 3.05) is 5.32 Å². The van der Waals surface area contributed by atoms with Crippen molar-refractivity contribution in [2.45, 2.75) is 0 Å². The molecule has 0 aliphatic rings. The summed E-state index contributed by atoms with van der Waals surface area (Å²) in [6.07, 6.45) is 0. The van der Waals surface area contributed by atoms with Crippen LogP contribution in [0.5, 0.6) is 11.5 Å². The molecular weight excluding hydrogens is 311 g/mol. The number of anilines is 1. The summed E-state index contributed by atoms with van der Waals surface area (Å²) in [6.45, 7) is 0. The van der Waals surface area contributed by atoms with Gasteiger partial charge in [-0.1, -0.05) is 11.6 Å². The number of phenols is 2. The molecule has 0 spiro atoms. The Kier molecular flexibility index (Phi) is 3.95. The van der Waals surface area contributed by atoms with Gasteiger partial charge in [0.25, 0.3) is 5.91 Å². The van der Waals surface area contributed by atoms with E-state index in [4.69, 9.17) is 16.7 Å². The van der Waals surface area contributed by atoms with Crippen LogP contribution >= 0.6 is 11.6 Å². The molecule has 3 N–H and O–H groups in total. The molecule has 2 aromatic carbocycles. The summed E-state index contributed by atoms with van der Waals surface area (Å²) in [7, 11) is 0. The van der Waals surface area contributed by atoms with Crippen LogP contribution in [0.4, 0.5) is 18.9 Å². The molecule has 0 saturated carbocycles. The lowest BCUT2D eigenvalue weighted by atomic mass is 10.1. The third kappa shape index (κ3) is 2.87. The van der Waals surface area contributed by atoms with Gasteiger partial charge in [0.2, 0.25) is 5.82 Å². The molecule has 21 heavy (non-hydrogen) atoms. The quantitative estimate of drug-likeness (QED) is 0.587. The Hall–Kier alpha value is -2.41. The molecule has 0 aromatic heterocycles. The first-order valence-electron chi connectivity index (χ1n) is 5.47. The van der Waals surface area contributed by atoms with Gasteiger partial charge in [-0.25, -0.2) is 8.78 Å². The molecule has 110 valence electrons. The zero-order valence-corrected chi connectivity index (χ0v) is 10.9. The van der Waals surface area contributed by atoms with Crippen LogP contribution in [0.15, 0.2) is 24.3 Å². The first-order chi connectivity index (χ1) is 9.81. The summed E-state index contributed by atoms with van der Waals surface area (Å²) in [5, 5.41) is 20.4. The highest BCUT2D eigenvalue weighted by Gasteiger charge is 2.22. The second kappa shape index (κ2) is 5.53. The Morgan fingerprint density at radius 1 is 1.10 bits per heavy atom. The fraction of sp³-hybridized carbons (Fsp3) is 0. The van der Waals surface area contributed by atoms with Crippen LogP contribution < -0.4 is 5.32 Å². The Morgan fingerprint density at radius 3 is 2.38 bits per heavy atom. The molecule has 8 heteroatoms. The average molecular weight is 318 g/mol. The molecule has 0 unspecified atom stereocenters. The van der Waals surface area contributed by atoms with E-state index in [9.17, 15) is 23.1 Å². The zero-order valence-electron chi connectivity index (χ0n) is 10.1. The maximum Gasteiger partial charge on any atom is 0.258 e. The van der Waals surface area contributed by atoms with Crippen molar-refractivity contribution in [2.24, 2.45) is 0 Å². The number of carbonyl (C=O) groups excluding carboxylic acids is 1. The van der Waals surface area contributed by atoms with Crippen LogP contribution in [-0.2, 0) is 0 Å². The standard InChI is InChI=1S/C13H7ClF3NO3/c14-7-3-5(1-2-9(7)19)18-13(21)6-4-8(15)11(17)12(20)10(6)16/h1-4,19-20H,(H,18,21). The normalized spacial score (nSPS) is 10.5. The minimum absolute atomic E-state index is 0.0681. The zero-order chi connectivity index (χ0) is 15.7. The molecule has 0 saturated heterocycles. The van der Waals surface area contributed by atoms with E-state index in [1.165, 1.54) is 18.2 Å². The van der Waals surface area contributed by atoms with E-state index < -0.39 is 34.7 Å². The minimum Gasteiger partial charge on any atom is -0.506 e. The third-order valence-corrected chi connectivity index (χ3v) is 2.89. The lowest BCUT2D eigenvalue weighted by Crippen LogP contribution is -2.15. The fourth-order valence-corrected chi connectivity index (χ4v) is 1.72. The third-order valence-electron chi connectivity index (χ3n) is 2.58. The molecule has 1 amide bonds. The second-order valence-electron chi connectivity index (χ2n) is 4.00. The van der Waals surface area contributed by atoms with Crippen molar-refractivity contribution in [3.8, 4) is 11.5 Å². The highest BCUT2D eigenvalue weighted by molar-refractivity contribution is 6.32. The van der Waals surface area contributed by atoms with E-state index in [0.717, 1.165) is 0 Å². The summed E-state index contributed by atoms with van der Waals surface area (Å²) in [5.41, 5.74) is -0.790. The molecule has 0 aliphatic heterocycles. The largest absolute Gasteiger partial charge is 0.506 e. The topological polar surface area (TPSA) is 69.6 Å². The van der Waals surface area contributed by atoms with E-state index in [0.29, 0.717) is 6.07 Å². The van der Waals surface area contributed by atoms with Crippen molar-refractivity contribution in [1.82, 2.24) is 0 Å². The van der Waals surface area contributed by atoms with Crippen molar-refractivity contribution in [1.29, 1.82) is 0 Å². The van der Waals surface area contributed by atoms with Crippen molar-refractivity contribution in [3.63, 3.8) is 0 Å². The molecule has 0 aliphatic carbocycles. The van der Waals surface area contributed by atoms with Gasteiger partial charge in [-0.3, -0.25) is 4.79 Å². The molecule has 0 bridgehead atoms. The number of phenolic OH excluding ortho intramolecular Hbond substituents is 2. The molecule has 0 fully saturated rings. The van der Waals surface area contributed by atoms with Gasteiger partial charge in [0.05, 0.1) is 10.6 Å². The number of amides is 1. The lowest BCUT2D eigenvalue weighted by molar-refractivity contribution is 0.102. The number of carbonyl (C=O) groups is 1. The van der Waals surface area contributed by atoms with Crippen LogP contribution in [0, 0.1) is 17.5 Å². The number of benzene rings is 2. The van der Waals surface area contributed by atoms with E-state index in [1.807, 2.05) is 0 Å². The van der Waals surface area contributed by atoms with Gasteiger partial charge in [0.15, 0.2) is 17.4 Å². The number of halogens is 4. The van der Waals surface area contributed by atoms with E-state index in [-0.39, 0.29) is 16.5 Å². The number of rotatable bonds is 2. The van der Waals surface area contributed by atoms with Crippen LogP contribution in [-0.4, -0.2) is 16.1 Å². The van der Waals surface area contributed by atoms with Gasteiger partial charge in [-0.05, 0) is 24.3 Å². The number of aromatic hydroxyl groups is 2. The summed E-state index contributed by atoms with van der Waals surface area (Å²) in [5.74, 6) is -7.87. The monoisotopic (exact) mass is 317 g/mol. The van der Waals surface area contributed by atoms with Gasteiger partial charge in [0, 0.05) is 5.69 Å². The van der Waals surface area contributed by atoms with Crippen LogP contribution in [0.2, 0.25) is 5.02 Å². The smallest absolute Gasteiger partial charge is 0.258 e. The van der Waals surface area contributed by atoms with Crippen molar-refractivity contribution in [3.05, 3.63) is 52.3 Å². The van der Waals surface area contributed by atoms with E-state index in [2.05, 4.69) is 5.32 Å². The van der Waals surface area contributed by atoms with E-state index in [1.54, 1.807) is 0 Å². The van der Waals surface area contributed by atoms with Crippen LogP contribution in [0.25, 0.3) is 0 Å². The molecule has 0 radical (unpaired) electrons.